The normalized spacial score (nSPS) is 11.7. The first-order valence-electron chi connectivity index (χ1n) is 27.9. The summed E-state index contributed by atoms with van der Waals surface area (Å²) in [5.74, 6) is 0.999. The molecule has 0 radical (unpaired) electrons. The number of carbonyl (C=O) groups is 2. The zero-order valence-corrected chi connectivity index (χ0v) is 41.9. The topological polar surface area (TPSA) is 52.6 Å². The molecule has 4 nitrogen and oxygen atoms in total. The molecule has 358 valence electrons. The second-order valence-corrected chi connectivity index (χ2v) is 19.4. The van der Waals surface area contributed by atoms with Gasteiger partial charge >= 0.3 is 11.9 Å². The summed E-state index contributed by atoms with van der Waals surface area (Å²) in [6, 6.07) is 0. The van der Waals surface area contributed by atoms with Crippen LogP contribution in [0, 0.1) is 5.92 Å². The summed E-state index contributed by atoms with van der Waals surface area (Å²) in [6.45, 7) is 11.3. The van der Waals surface area contributed by atoms with Crippen molar-refractivity contribution in [2.75, 3.05) is 0 Å². The number of rotatable bonds is 50. The summed E-state index contributed by atoms with van der Waals surface area (Å²) in [6.07, 6.45) is 57.5. The molecule has 0 heterocycles. The fraction of sp³-hybridized carbons (Fsp3) is 0.964. The summed E-state index contributed by atoms with van der Waals surface area (Å²) >= 11 is 0. The highest BCUT2D eigenvalue weighted by Crippen LogP contribution is 2.26. The maximum Gasteiger partial charge on any atom is 0.306 e. The molecule has 60 heavy (non-hydrogen) atoms. The molecule has 0 N–H and O–H groups in total. The van der Waals surface area contributed by atoms with E-state index in [9.17, 15) is 9.59 Å². The first kappa shape index (κ1) is 58.9. The first-order chi connectivity index (χ1) is 29.5. The number of ether oxygens (including phenoxy) is 2. The number of carbonyl (C=O) groups excluding carboxylic acids is 2. The maximum absolute atomic E-state index is 12.7. The maximum atomic E-state index is 12.7. The zero-order valence-electron chi connectivity index (χ0n) is 41.9. The van der Waals surface area contributed by atoms with E-state index in [1.165, 1.54) is 231 Å². The molecule has 0 rings (SSSR count). The van der Waals surface area contributed by atoms with Crippen LogP contribution in [0.15, 0.2) is 0 Å². The highest BCUT2D eigenvalue weighted by molar-refractivity contribution is 5.69. The molecule has 0 atom stereocenters. The van der Waals surface area contributed by atoms with Crippen molar-refractivity contribution in [3.63, 3.8) is 0 Å². The Morgan fingerprint density at radius 1 is 0.267 bits per heavy atom. The van der Waals surface area contributed by atoms with Gasteiger partial charge in [0.2, 0.25) is 0 Å². The van der Waals surface area contributed by atoms with E-state index in [1.54, 1.807) is 0 Å². The summed E-state index contributed by atoms with van der Waals surface area (Å²) in [7, 11) is 0. The molecule has 4 heteroatoms. The van der Waals surface area contributed by atoms with Crippen LogP contribution in [0.5, 0.6) is 0 Å². The van der Waals surface area contributed by atoms with Crippen LogP contribution in [0.25, 0.3) is 0 Å². The van der Waals surface area contributed by atoms with Crippen LogP contribution in [-0.4, -0.2) is 24.1 Å². The minimum Gasteiger partial charge on any atom is -0.462 e. The minimum absolute atomic E-state index is 0.0512. The third kappa shape index (κ3) is 43.6. The van der Waals surface area contributed by atoms with Crippen LogP contribution in [0.3, 0.4) is 0 Å². The molecule has 0 amide bonds. The molecule has 0 bridgehead atoms. The molecule has 0 saturated carbocycles. The number of esters is 2. The van der Waals surface area contributed by atoms with Crippen molar-refractivity contribution < 1.29 is 19.1 Å². The van der Waals surface area contributed by atoms with E-state index in [0.29, 0.717) is 12.8 Å². The zero-order chi connectivity index (χ0) is 43.8. The molecular formula is C56H110O4. The largest absolute Gasteiger partial charge is 0.462 e. The Morgan fingerprint density at radius 2 is 0.467 bits per heavy atom. The molecule has 0 aliphatic rings. The Bertz CT molecular complexity index is 774. The van der Waals surface area contributed by atoms with Crippen LogP contribution in [0.1, 0.15) is 330 Å². The number of hydrogen-bond donors (Lipinski definition) is 0. The first-order valence-corrected chi connectivity index (χ1v) is 27.9. The average Bonchev–Trinajstić information content (AvgIpc) is 3.24. The van der Waals surface area contributed by atoms with Crippen molar-refractivity contribution in [2.45, 2.75) is 342 Å². The molecule has 0 saturated heterocycles. The van der Waals surface area contributed by atoms with E-state index >= 15 is 0 Å². The molecule has 0 aliphatic heterocycles. The molecular weight excluding hydrogens is 737 g/mol. The van der Waals surface area contributed by atoms with Gasteiger partial charge in [-0.2, -0.15) is 0 Å². The van der Waals surface area contributed by atoms with Gasteiger partial charge < -0.3 is 9.47 Å². The Kier molecular flexibility index (Phi) is 48.1. The quantitative estimate of drug-likeness (QED) is 0.0452. The summed E-state index contributed by atoms with van der Waals surface area (Å²) in [5.41, 5.74) is 0. The van der Waals surface area contributed by atoms with Crippen LogP contribution >= 0.6 is 0 Å². The predicted molar refractivity (Wildman–Crippen MR) is 264 cm³/mol. The minimum atomic E-state index is 0.0512. The van der Waals surface area contributed by atoms with Gasteiger partial charge in [0.25, 0.3) is 0 Å². The predicted octanol–water partition coefficient (Wildman–Crippen LogP) is 19.5. The second kappa shape index (κ2) is 49.0. The van der Waals surface area contributed by atoms with Gasteiger partial charge in [0.1, 0.15) is 12.2 Å². The van der Waals surface area contributed by atoms with Crippen LogP contribution in [0.2, 0.25) is 0 Å². The SMILES string of the molecule is CCCCCCCCCCCC(CCCCCCCCC(=O)OC(CCCCCC)CCCCCC)CCCCCCCCC(=O)OC(CCCCCC)CCCCCC. The Balaban J connectivity index is 4.44. The molecule has 0 fully saturated rings. The van der Waals surface area contributed by atoms with E-state index < -0.39 is 0 Å². The lowest BCUT2D eigenvalue weighted by atomic mass is 9.89. The van der Waals surface area contributed by atoms with Crippen molar-refractivity contribution in [1.82, 2.24) is 0 Å². The summed E-state index contributed by atoms with van der Waals surface area (Å²) in [5, 5.41) is 0. The van der Waals surface area contributed by atoms with E-state index in [0.717, 1.165) is 57.3 Å². The molecule has 0 aromatic rings. The average molecular weight is 847 g/mol. The Morgan fingerprint density at radius 3 is 0.733 bits per heavy atom. The molecule has 0 unspecified atom stereocenters. The highest BCUT2D eigenvalue weighted by Gasteiger charge is 2.16. The molecule has 0 spiro atoms. The van der Waals surface area contributed by atoms with Gasteiger partial charge in [0.05, 0.1) is 0 Å². The third-order valence-corrected chi connectivity index (χ3v) is 13.3. The Hall–Kier alpha value is -1.06. The lowest BCUT2D eigenvalue weighted by Gasteiger charge is -2.18. The van der Waals surface area contributed by atoms with E-state index in [1.807, 2.05) is 0 Å². The molecule has 0 aromatic carbocycles. The van der Waals surface area contributed by atoms with Crippen molar-refractivity contribution in [2.24, 2.45) is 5.92 Å². The highest BCUT2D eigenvalue weighted by atomic mass is 16.5. The molecule has 0 aliphatic carbocycles. The van der Waals surface area contributed by atoms with E-state index in [2.05, 4.69) is 34.6 Å². The van der Waals surface area contributed by atoms with Crippen molar-refractivity contribution in [3.05, 3.63) is 0 Å². The van der Waals surface area contributed by atoms with Crippen molar-refractivity contribution in [3.8, 4) is 0 Å². The van der Waals surface area contributed by atoms with Gasteiger partial charge in [-0.25, -0.2) is 0 Å². The van der Waals surface area contributed by atoms with Crippen molar-refractivity contribution >= 4 is 11.9 Å². The molecule has 0 aromatic heterocycles. The monoisotopic (exact) mass is 847 g/mol. The van der Waals surface area contributed by atoms with Crippen LogP contribution < -0.4 is 0 Å². The van der Waals surface area contributed by atoms with Gasteiger partial charge in [-0.1, -0.05) is 253 Å². The third-order valence-electron chi connectivity index (χ3n) is 13.3. The summed E-state index contributed by atoms with van der Waals surface area (Å²) in [4.78, 5) is 25.4. The van der Waals surface area contributed by atoms with Gasteiger partial charge in [-0.3, -0.25) is 9.59 Å². The standard InChI is InChI=1S/C56H110O4/c1-6-11-16-21-22-23-24-29-34-43-52(44-35-30-25-27-32-41-50-55(57)59-53(46-37-17-12-7-2)47-38-18-13-8-3)45-36-31-26-28-33-42-51-56(58)60-54(48-39-19-14-9-4)49-40-20-15-10-5/h52-54H,6-51H2,1-5H3. The number of unbranched alkanes of at least 4 members (excludes halogenated alkanes) is 30. The van der Waals surface area contributed by atoms with E-state index in [4.69, 9.17) is 9.47 Å². The second-order valence-electron chi connectivity index (χ2n) is 19.4. The lowest BCUT2D eigenvalue weighted by Crippen LogP contribution is -2.18. The van der Waals surface area contributed by atoms with Gasteiger partial charge in [-0.05, 0) is 70.1 Å². The number of hydrogen-bond acceptors (Lipinski definition) is 4. The van der Waals surface area contributed by atoms with Crippen molar-refractivity contribution in [1.29, 1.82) is 0 Å². The van der Waals surface area contributed by atoms with Gasteiger partial charge in [-0.15, -0.1) is 0 Å². The van der Waals surface area contributed by atoms with Gasteiger partial charge in [0.15, 0.2) is 0 Å². The summed E-state index contributed by atoms with van der Waals surface area (Å²) < 4.78 is 12.0. The fourth-order valence-electron chi connectivity index (χ4n) is 9.20. The van der Waals surface area contributed by atoms with E-state index in [-0.39, 0.29) is 24.1 Å². The van der Waals surface area contributed by atoms with Crippen LogP contribution in [0.4, 0.5) is 0 Å². The van der Waals surface area contributed by atoms with Crippen LogP contribution in [-0.2, 0) is 19.1 Å². The van der Waals surface area contributed by atoms with Gasteiger partial charge in [0, 0.05) is 12.8 Å². The smallest absolute Gasteiger partial charge is 0.306 e. The lowest BCUT2D eigenvalue weighted by molar-refractivity contribution is -0.151. The fourth-order valence-corrected chi connectivity index (χ4v) is 9.20. The Labute approximate surface area is 377 Å².